The maximum absolute atomic E-state index is 5.52. The van der Waals surface area contributed by atoms with Gasteiger partial charge in [-0.05, 0) is 29.6 Å². The molecule has 0 aliphatic rings. The number of hydrogen-bond acceptors (Lipinski definition) is 6. The van der Waals surface area contributed by atoms with Crippen LogP contribution in [0.3, 0.4) is 0 Å². The molecule has 1 atom stereocenters. The van der Waals surface area contributed by atoms with Crippen LogP contribution in [-0.2, 0) is 0 Å². The van der Waals surface area contributed by atoms with E-state index in [4.69, 9.17) is 5.84 Å². The summed E-state index contributed by atoms with van der Waals surface area (Å²) in [5.41, 5.74) is 4.86. The highest BCUT2D eigenvalue weighted by Gasteiger charge is 2.14. The minimum atomic E-state index is -0.0857. The van der Waals surface area contributed by atoms with Crippen LogP contribution in [0.1, 0.15) is 22.0 Å². The number of hydrogen-bond donors (Lipinski definition) is 2. The highest BCUT2D eigenvalue weighted by atomic mass is 32.1. The first-order chi connectivity index (χ1) is 7.31. The van der Waals surface area contributed by atoms with Gasteiger partial charge in [0, 0.05) is 12.4 Å². The first-order valence-electron chi connectivity index (χ1n) is 4.46. The maximum Gasteiger partial charge on any atom is 0.0849 e. The summed E-state index contributed by atoms with van der Waals surface area (Å²) in [6, 6.07) is 1.95. The molecule has 5 nitrogen and oxygen atoms in total. The van der Waals surface area contributed by atoms with Crippen LogP contribution in [0.2, 0.25) is 0 Å². The normalized spacial score (nSPS) is 12.7. The summed E-state index contributed by atoms with van der Waals surface area (Å²) in [5.74, 6) is 5.52. The molecule has 1 unspecified atom stereocenters. The summed E-state index contributed by atoms with van der Waals surface area (Å²) >= 11 is 1.32. The van der Waals surface area contributed by atoms with Crippen molar-refractivity contribution < 1.29 is 0 Å². The molecule has 0 radical (unpaired) electrons. The topological polar surface area (TPSA) is 76.7 Å². The van der Waals surface area contributed by atoms with Crippen molar-refractivity contribution in [1.82, 2.24) is 20.0 Å². The average molecular weight is 221 g/mol. The first kappa shape index (κ1) is 10.2. The van der Waals surface area contributed by atoms with Gasteiger partial charge in [-0.15, -0.1) is 5.10 Å². The molecule has 0 aromatic carbocycles. The van der Waals surface area contributed by atoms with Crippen LogP contribution in [0.15, 0.2) is 24.7 Å². The number of pyridine rings is 1. The number of aryl methyl sites for hydroxylation is 1. The molecule has 2 aromatic rings. The van der Waals surface area contributed by atoms with Crippen LogP contribution in [0, 0.1) is 6.92 Å². The van der Waals surface area contributed by atoms with Crippen LogP contribution in [0.4, 0.5) is 0 Å². The van der Waals surface area contributed by atoms with E-state index in [1.807, 2.05) is 19.2 Å². The number of hydrazine groups is 1. The van der Waals surface area contributed by atoms with Gasteiger partial charge in [0.2, 0.25) is 0 Å². The highest BCUT2D eigenvalue weighted by molar-refractivity contribution is 7.05. The molecule has 0 saturated carbocycles. The second kappa shape index (κ2) is 4.43. The van der Waals surface area contributed by atoms with Gasteiger partial charge in [0.25, 0.3) is 0 Å². The summed E-state index contributed by atoms with van der Waals surface area (Å²) in [6.45, 7) is 2.00. The highest BCUT2D eigenvalue weighted by Crippen LogP contribution is 2.22. The van der Waals surface area contributed by atoms with E-state index in [9.17, 15) is 0 Å². The zero-order valence-electron chi connectivity index (χ0n) is 8.21. The molecule has 2 aromatic heterocycles. The smallest absolute Gasteiger partial charge is 0.0849 e. The maximum atomic E-state index is 5.52. The quantitative estimate of drug-likeness (QED) is 0.592. The van der Waals surface area contributed by atoms with E-state index < -0.39 is 0 Å². The Morgan fingerprint density at radius 1 is 1.40 bits per heavy atom. The average Bonchev–Trinajstić information content (AvgIpc) is 2.72. The standard InChI is InChI=1S/C9H11N5S/c1-6-2-7(4-11-3-6)9(13-10)8-5-12-14-15-8/h2-5,9,13H,10H2,1H3. The second-order valence-corrected chi connectivity index (χ2v) is 4.03. The number of rotatable bonds is 3. The number of nitrogens with two attached hydrogens (primary N) is 1. The van der Waals surface area contributed by atoms with E-state index in [-0.39, 0.29) is 6.04 Å². The monoisotopic (exact) mass is 221 g/mol. The molecule has 2 heterocycles. The van der Waals surface area contributed by atoms with E-state index in [0.717, 1.165) is 16.0 Å². The van der Waals surface area contributed by atoms with Crippen molar-refractivity contribution in [3.05, 3.63) is 40.7 Å². The predicted molar refractivity (Wildman–Crippen MR) is 58.0 cm³/mol. The van der Waals surface area contributed by atoms with Gasteiger partial charge in [-0.2, -0.15) is 0 Å². The third-order valence-electron chi connectivity index (χ3n) is 2.06. The van der Waals surface area contributed by atoms with Crippen molar-refractivity contribution in [2.24, 2.45) is 5.84 Å². The van der Waals surface area contributed by atoms with Crippen molar-refractivity contribution in [2.75, 3.05) is 0 Å². The summed E-state index contributed by atoms with van der Waals surface area (Å²) in [7, 11) is 0. The molecule has 0 spiro atoms. The molecule has 78 valence electrons. The Hall–Kier alpha value is -1.37. The lowest BCUT2D eigenvalue weighted by molar-refractivity contribution is 0.642. The van der Waals surface area contributed by atoms with Crippen LogP contribution in [0.25, 0.3) is 0 Å². The lowest BCUT2D eigenvalue weighted by atomic mass is 10.1. The van der Waals surface area contributed by atoms with Gasteiger partial charge in [-0.25, -0.2) is 5.43 Å². The van der Waals surface area contributed by atoms with E-state index >= 15 is 0 Å². The van der Waals surface area contributed by atoms with Crippen molar-refractivity contribution in [3.63, 3.8) is 0 Å². The summed E-state index contributed by atoms with van der Waals surface area (Å²) < 4.78 is 3.81. The van der Waals surface area contributed by atoms with Crippen LogP contribution in [-0.4, -0.2) is 14.6 Å². The Balaban J connectivity index is 2.35. The Labute approximate surface area is 91.5 Å². The number of nitrogens with one attached hydrogen (secondary N) is 1. The molecule has 0 aliphatic heterocycles. The van der Waals surface area contributed by atoms with Gasteiger partial charge in [-0.1, -0.05) is 10.6 Å². The molecule has 2 rings (SSSR count). The summed E-state index contributed by atoms with van der Waals surface area (Å²) in [4.78, 5) is 5.11. The van der Waals surface area contributed by atoms with E-state index in [1.54, 1.807) is 12.4 Å². The lowest BCUT2D eigenvalue weighted by Gasteiger charge is -2.13. The van der Waals surface area contributed by atoms with Crippen LogP contribution in [0.5, 0.6) is 0 Å². The molecule has 6 heteroatoms. The molecule has 3 N–H and O–H groups in total. The van der Waals surface area contributed by atoms with Crippen molar-refractivity contribution in [2.45, 2.75) is 13.0 Å². The van der Waals surface area contributed by atoms with Gasteiger partial charge >= 0.3 is 0 Å². The molecule has 0 saturated heterocycles. The van der Waals surface area contributed by atoms with Crippen molar-refractivity contribution in [3.8, 4) is 0 Å². The van der Waals surface area contributed by atoms with Gasteiger partial charge in [0.15, 0.2) is 0 Å². The fourth-order valence-corrected chi connectivity index (χ4v) is 1.97. The Kier molecular flexibility index (Phi) is 3.00. The fraction of sp³-hybridized carbons (Fsp3) is 0.222. The molecule has 0 fully saturated rings. The van der Waals surface area contributed by atoms with Gasteiger partial charge in [0.1, 0.15) is 0 Å². The van der Waals surface area contributed by atoms with Crippen LogP contribution < -0.4 is 11.3 Å². The van der Waals surface area contributed by atoms with Gasteiger partial charge in [-0.3, -0.25) is 10.8 Å². The van der Waals surface area contributed by atoms with E-state index in [0.29, 0.717) is 0 Å². The second-order valence-electron chi connectivity index (χ2n) is 3.22. The zero-order valence-corrected chi connectivity index (χ0v) is 9.03. The fourth-order valence-electron chi connectivity index (χ4n) is 1.38. The molecule has 0 bridgehead atoms. The SMILES string of the molecule is Cc1cncc(C(NN)c2cnns2)c1. The van der Waals surface area contributed by atoms with Crippen LogP contribution >= 0.6 is 11.5 Å². The summed E-state index contributed by atoms with van der Waals surface area (Å²) in [5, 5.41) is 3.79. The number of nitrogens with zero attached hydrogens (tertiary/aromatic N) is 3. The zero-order chi connectivity index (χ0) is 10.7. The Bertz CT molecular complexity index is 428. The third kappa shape index (κ3) is 2.17. The predicted octanol–water partition coefficient (Wildman–Crippen LogP) is 0.794. The van der Waals surface area contributed by atoms with Crippen molar-refractivity contribution >= 4 is 11.5 Å². The van der Waals surface area contributed by atoms with E-state index in [1.165, 1.54) is 11.5 Å². The molecular weight excluding hydrogens is 210 g/mol. The molecule has 0 amide bonds. The third-order valence-corrected chi connectivity index (χ3v) is 2.79. The molecule has 15 heavy (non-hydrogen) atoms. The largest absolute Gasteiger partial charge is 0.271 e. The van der Waals surface area contributed by atoms with Crippen molar-refractivity contribution in [1.29, 1.82) is 0 Å². The first-order valence-corrected chi connectivity index (χ1v) is 5.23. The van der Waals surface area contributed by atoms with Gasteiger partial charge < -0.3 is 0 Å². The molecule has 0 aliphatic carbocycles. The summed E-state index contributed by atoms with van der Waals surface area (Å²) in [6.07, 6.45) is 5.30. The lowest BCUT2D eigenvalue weighted by Crippen LogP contribution is -2.28. The minimum Gasteiger partial charge on any atom is -0.271 e. The Morgan fingerprint density at radius 2 is 2.27 bits per heavy atom. The van der Waals surface area contributed by atoms with E-state index in [2.05, 4.69) is 20.0 Å². The minimum absolute atomic E-state index is 0.0857. The Morgan fingerprint density at radius 3 is 2.87 bits per heavy atom. The van der Waals surface area contributed by atoms with Gasteiger partial charge in [0.05, 0.1) is 17.1 Å². The molecular formula is C9H11N5S. The number of aromatic nitrogens is 3.